The lowest BCUT2D eigenvalue weighted by Gasteiger charge is -2.09. The molecule has 0 amide bonds. The summed E-state index contributed by atoms with van der Waals surface area (Å²) in [6, 6.07) is 12.0. The normalized spacial score (nSPS) is 11.8. The molecule has 0 radical (unpaired) electrons. The molecule has 0 aliphatic heterocycles. The molecule has 7 nitrogen and oxygen atoms in total. The monoisotopic (exact) mass is 512 g/mol. The number of nitrogens with two attached hydrogens (primary N) is 1. The first-order valence-electron chi connectivity index (χ1n) is 9.01. The van der Waals surface area contributed by atoms with E-state index in [0.29, 0.717) is 32.7 Å². The molecule has 168 valence electrons. The summed E-state index contributed by atoms with van der Waals surface area (Å²) < 4.78 is 38.7. The Bertz CT molecular complexity index is 1280. The molecule has 32 heavy (non-hydrogen) atoms. The van der Waals surface area contributed by atoms with Crippen molar-refractivity contribution in [2.75, 3.05) is 12.8 Å². The number of aromatic nitrogens is 2. The van der Waals surface area contributed by atoms with Crippen molar-refractivity contribution in [1.29, 1.82) is 0 Å². The zero-order valence-electron chi connectivity index (χ0n) is 16.6. The van der Waals surface area contributed by atoms with Crippen molar-refractivity contribution in [2.24, 2.45) is 5.14 Å². The summed E-state index contributed by atoms with van der Waals surface area (Å²) in [7, 11) is -2.39. The zero-order valence-corrected chi connectivity index (χ0v) is 19.8. The number of halogens is 2. The van der Waals surface area contributed by atoms with Crippen LogP contribution in [0.2, 0.25) is 5.02 Å². The Morgan fingerprint density at radius 2 is 2.00 bits per heavy atom. The van der Waals surface area contributed by atoms with Crippen molar-refractivity contribution in [3.05, 3.63) is 71.1 Å². The Balaban J connectivity index is 1.98. The summed E-state index contributed by atoms with van der Waals surface area (Å²) >= 11 is 12.2. The summed E-state index contributed by atoms with van der Waals surface area (Å²) in [6.45, 7) is 0. The largest absolute Gasteiger partial charge is 0.287 e. The van der Waals surface area contributed by atoms with Crippen LogP contribution in [0, 0.1) is 5.82 Å². The van der Waals surface area contributed by atoms with Gasteiger partial charge in [-0.3, -0.25) is 5.21 Å². The molecule has 0 unspecified atom stereocenters. The van der Waals surface area contributed by atoms with Crippen LogP contribution in [-0.4, -0.2) is 45.6 Å². The second kappa shape index (κ2) is 10.1. The number of thioether (sulfide) groups is 1. The number of hydroxylamine groups is 2. The Morgan fingerprint density at radius 1 is 1.31 bits per heavy atom. The van der Waals surface area contributed by atoms with Gasteiger partial charge in [0.05, 0.1) is 27.0 Å². The van der Waals surface area contributed by atoms with Gasteiger partial charge in [-0.05, 0) is 54.6 Å². The fourth-order valence-electron chi connectivity index (χ4n) is 2.70. The molecule has 3 rings (SSSR count). The molecule has 3 aromatic rings. The maximum Gasteiger partial charge on any atom is 0.238 e. The molecule has 0 spiro atoms. The molecular formula is C20H18ClFN4O3S3. The highest BCUT2D eigenvalue weighted by molar-refractivity contribution is 8.22. The number of thiocarbonyl (C=S) groups is 1. The van der Waals surface area contributed by atoms with Gasteiger partial charge in [0.15, 0.2) is 4.32 Å². The minimum absolute atomic E-state index is 0.0262. The molecule has 0 fully saturated rings. The summed E-state index contributed by atoms with van der Waals surface area (Å²) in [5, 5.41) is 19.9. The highest BCUT2D eigenvalue weighted by Crippen LogP contribution is 2.28. The molecular weight excluding hydrogens is 495 g/mol. The maximum atomic E-state index is 13.7. The van der Waals surface area contributed by atoms with Crippen molar-refractivity contribution in [1.82, 2.24) is 14.8 Å². The predicted molar refractivity (Wildman–Crippen MR) is 129 cm³/mol. The minimum atomic E-state index is -3.83. The van der Waals surface area contributed by atoms with Crippen LogP contribution < -0.4 is 5.14 Å². The van der Waals surface area contributed by atoms with Crippen molar-refractivity contribution in [2.45, 2.75) is 4.90 Å². The molecule has 0 bridgehead atoms. The van der Waals surface area contributed by atoms with Crippen LogP contribution in [0.25, 0.3) is 23.0 Å². The van der Waals surface area contributed by atoms with E-state index in [0.717, 1.165) is 5.06 Å². The average molecular weight is 513 g/mol. The molecule has 3 N–H and O–H groups in total. The third-order valence-corrected chi connectivity index (χ3v) is 6.92. The molecule has 0 saturated carbocycles. The number of primary sulfonamides is 1. The maximum absolute atomic E-state index is 13.7. The highest BCUT2D eigenvalue weighted by atomic mass is 35.5. The quantitative estimate of drug-likeness (QED) is 0.374. The van der Waals surface area contributed by atoms with E-state index < -0.39 is 15.8 Å². The van der Waals surface area contributed by atoms with Gasteiger partial charge in [0.25, 0.3) is 0 Å². The van der Waals surface area contributed by atoms with E-state index in [1.165, 1.54) is 43.1 Å². The molecule has 0 aliphatic carbocycles. The van der Waals surface area contributed by atoms with Gasteiger partial charge >= 0.3 is 0 Å². The highest BCUT2D eigenvalue weighted by Gasteiger charge is 2.14. The van der Waals surface area contributed by atoms with Gasteiger partial charge in [-0.15, -0.1) is 0 Å². The number of sulfonamides is 1. The second-order valence-electron chi connectivity index (χ2n) is 6.54. The summed E-state index contributed by atoms with van der Waals surface area (Å²) in [5.41, 5.74) is 2.41. The smallest absolute Gasteiger partial charge is 0.238 e. The molecule has 1 aromatic heterocycles. The zero-order chi connectivity index (χ0) is 23.5. The van der Waals surface area contributed by atoms with Crippen molar-refractivity contribution in [3.63, 3.8) is 0 Å². The molecule has 0 atom stereocenters. The van der Waals surface area contributed by atoms with E-state index in [9.17, 15) is 18.0 Å². The lowest BCUT2D eigenvalue weighted by atomic mass is 10.1. The van der Waals surface area contributed by atoms with Crippen LogP contribution in [0.5, 0.6) is 0 Å². The van der Waals surface area contributed by atoms with Gasteiger partial charge in [-0.2, -0.15) is 5.10 Å². The molecule has 0 saturated heterocycles. The average Bonchev–Trinajstić information content (AvgIpc) is 3.16. The number of benzene rings is 2. The van der Waals surface area contributed by atoms with Crippen molar-refractivity contribution in [3.8, 4) is 16.9 Å². The van der Waals surface area contributed by atoms with Crippen LogP contribution in [0.3, 0.4) is 0 Å². The predicted octanol–water partition coefficient (Wildman–Crippen LogP) is 4.33. The fraction of sp³-hybridized carbons (Fsp3) is 0.100. The molecule has 2 aromatic carbocycles. The first kappa shape index (κ1) is 24.4. The number of rotatable bonds is 6. The molecule has 0 aliphatic rings. The van der Waals surface area contributed by atoms with Crippen LogP contribution in [0.15, 0.2) is 59.5 Å². The summed E-state index contributed by atoms with van der Waals surface area (Å²) in [4.78, 5) is -0.0262. The van der Waals surface area contributed by atoms with Gasteiger partial charge in [-0.25, -0.2) is 27.7 Å². The third-order valence-electron chi connectivity index (χ3n) is 4.21. The standard InChI is InChI=1S/C20H18ClFN4O3S3/c1-25(27)20(30)31-10-2-3-14-12-19(13-4-9-18(22)17(21)11-13)26(24-14)15-5-7-16(8-6-15)32(23,28)29/h2-9,11-12,27H,10H2,1H3,(H2,23,28,29). The topological polar surface area (TPSA) is 101 Å². The Kier molecular flexibility index (Phi) is 7.70. The van der Waals surface area contributed by atoms with E-state index in [-0.39, 0.29) is 9.92 Å². The Labute approximate surface area is 199 Å². The summed E-state index contributed by atoms with van der Waals surface area (Å²) in [6.07, 6.45) is 3.61. The number of hydrogen-bond acceptors (Lipinski definition) is 6. The van der Waals surface area contributed by atoms with E-state index in [4.69, 9.17) is 29.0 Å². The number of hydrogen-bond donors (Lipinski definition) is 2. The third kappa shape index (κ3) is 5.94. The van der Waals surface area contributed by atoms with Crippen molar-refractivity contribution < 1.29 is 18.0 Å². The van der Waals surface area contributed by atoms with Crippen LogP contribution >= 0.6 is 35.6 Å². The van der Waals surface area contributed by atoms with Gasteiger partial charge in [0, 0.05) is 18.4 Å². The van der Waals surface area contributed by atoms with Gasteiger partial charge < -0.3 is 0 Å². The van der Waals surface area contributed by atoms with Crippen LogP contribution in [-0.2, 0) is 10.0 Å². The molecule has 1 heterocycles. The van der Waals surface area contributed by atoms with Gasteiger partial charge in [0.1, 0.15) is 5.82 Å². The van der Waals surface area contributed by atoms with E-state index >= 15 is 0 Å². The van der Waals surface area contributed by atoms with Gasteiger partial charge in [0.2, 0.25) is 10.0 Å². The first-order valence-corrected chi connectivity index (χ1v) is 12.3. The fourth-order valence-corrected chi connectivity index (χ4v) is 4.12. The summed E-state index contributed by atoms with van der Waals surface area (Å²) in [5.74, 6) is -0.0295. The number of nitrogens with zero attached hydrogens (tertiary/aromatic N) is 3. The van der Waals surface area contributed by atoms with Crippen LogP contribution in [0.1, 0.15) is 5.69 Å². The molecule has 12 heteroatoms. The van der Waals surface area contributed by atoms with Gasteiger partial charge in [-0.1, -0.05) is 41.7 Å². The SMILES string of the molecule is CN(O)C(=S)SCC=Cc1cc(-c2ccc(F)c(Cl)c2)n(-c2ccc(S(N)(=O)=O)cc2)n1. The Hall–Kier alpha value is -2.28. The minimum Gasteiger partial charge on any atom is -0.287 e. The van der Waals surface area contributed by atoms with E-state index in [2.05, 4.69) is 5.10 Å². The van der Waals surface area contributed by atoms with Crippen LogP contribution in [0.4, 0.5) is 4.39 Å². The lowest BCUT2D eigenvalue weighted by molar-refractivity contribution is 0.0205. The van der Waals surface area contributed by atoms with E-state index in [1.54, 1.807) is 35.0 Å². The van der Waals surface area contributed by atoms with E-state index in [1.807, 2.05) is 6.08 Å². The Morgan fingerprint density at radius 3 is 2.59 bits per heavy atom. The second-order valence-corrected chi connectivity index (χ2v) is 10.2. The van der Waals surface area contributed by atoms with Crippen molar-refractivity contribution >= 4 is 56.0 Å². The first-order chi connectivity index (χ1) is 15.1. The lowest BCUT2D eigenvalue weighted by Crippen LogP contribution is -2.17.